The van der Waals surface area contributed by atoms with E-state index in [2.05, 4.69) is 112 Å². The van der Waals surface area contributed by atoms with Gasteiger partial charge in [0, 0.05) is 49.2 Å². The molecule has 0 nitrogen and oxygen atoms in total. The van der Waals surface area contributed by atoms with Crippen molar-refractivity contribution in [1.29, 1.82) is 0 Å². The summed E-state index contributed by atoms with van der Waals surface area (Å²) in [6.45, 7) is 9.85. The van der Waals surface area contributed by atoms with Gasteiger partial charge in [0.25, 0.3) is 0 Å². The third-order valence-corrected chi connectivity index (χ3v) is 11.4. The van der Waals surface area contributed by atoms with E-state index in [0.29, 0.717) is 11.5 Å². The molecule has 3 aliphatic rings. The molecule has 152 valence electrons. The number of hydrogen-bond donors (Lipinski definition) is 0. The van der Waals surface area contributed by atoms with E-state index in [9.17, 15) is 0 Å². The summed E-state index contributed by atoms with van der Waals surface area (Å²) in [5.41, 5.74) is 11.0. The number of hydrogen-bond acceptors (Lipinski definition) is 0. The van der Waals surface area contributed by atoms with Crippen molar-refractivity contribution in [1.82, 2.24) is 0 Å². The summed E-state index contributed by atoms with van der Waals surface area (Å²) in [7, 11) is -1.82. The molecule has 2 aromatic carbocycles. The van der Waals surface area contributed by atoms with Gasteiger partial charge in [-0.25, -0.2) is 0 Å². The molecule has 0 saturated carbocycles. The molecule has 2 unspecified atom stereocenters. The minimum Gasteiger partial charge on any atom is -0.0836 e. The summed E-state index contributed by atoms with van der Waals surface area (Å²) in [4.78, 5) is 0. The summed E-state index contributed by atoms with van der Waals surface area (Å²) >= 11 is 0. The quantitative estimate of drug-likeness (QED) is 0.463. The van der Waals surface area contributed by atoms with Gasteiger partial charge in [0.05, 0.1) is 8.07 Å². The first kappa shape index (κ1) is 25.2. The molecule has 0 spiro atoms. The molecule has 2 radical (unpaired) electrons. The van der Waals surface area contributed by atoms with E-state index in [1.165, 1.54) is 39.0 Å². The first-order valence-corrected chi connectivity index (χ1v) is 14.2. The van der Waals surface area contributed by atoms with Gasteiger partial charge in [-0.15, -0.1) is 0 Å². The van der Waals surface area contributed by atoms with Gasteiger partial charge in [-0.05, 0) is 53.3 Å². The van der Waals surface area contributed by atoms with Gasteiger partial charge in [-0.2, -0.15) is 0 Å². The van der Waals surface area contributed by atoms with Gasteiger partial charge in [0.2, 0.25) is 0 Å². The van der Waals surface area contributed by atoms with Crippen molar-refractivity contribution in [3.63, 3.8) is 0 Å². The van der Waals surface area contributed by atoms with Gasteiger partial charge >= 0.3 is 0 Å². The van der Waals surface area contributed by atoms with Crippen LogP contribution in [0.25, 0.3) is 6.08 Å². The van der Waals surface area contributed by atoms with Gasteiger partial charge < -0.3 is 0 Å². The normalized spacial score (nSPS) is 21.4. The zero-order chi connectivity index (χ0) is 20.9. The van der Waals surface area contributed by atoms with Gasteiger partial charge in [-0.1, -0.05) is 109 Å². The van der Waals surface area contributed by atoms with E-state index < -0.39 is 8.07 Å². The van der Waals surface area contributed by atoms with Crippen LogP contribution >= 0.6 is 0 Å². The molecule has 0 amide bonds. The van der Waals surface area contributed by atoms with Crippen LogP contribution in [0, 0.1) is 0 Å². The van der Waals surface area contributed by atoms with Crippen molar-refractivity contribution < 1.29 is 0 Å². The van der Waals surface area contributed by atoms with E-state index in [1.54, 1.807) is 5.20 Å². The van der Waals surface area contributed by atoms with E-state index >= 15 is 0 Å². The van der Waals surface area contributed by atoms with E-state index in [-0.39, 0.29) is 37.7 Å². The third-order valence-electron chi connectivity index (χ3n) is 7.21. The number of fused-ring (bicyclic) bond motifs is 2. The third kappa shape index (κ3) is 4.12. The standard InChI is InChI=1S/C29H30Si.2Li/c1-20-18-23-14-8-9-16-25(23)28(20)30(3,4)29-21(2)19-27-24(15-10-11-17-26(27)29)22-12-6-5-7-13-22;;/h5-14,16-19,24,28H,15H2,1-4H3;;. The molecule has 0 saturated heterocycles. The fourth-order valence-electron chi connectivity index (χ4n) is 6.15. The first-order chi connectivity index (χ1) is 14.5. The summed E-state index contributed by atoms with van der Waals surface area (Å²) < 4.78 is 0. The zero-order valence-electron chi connectivity index (χ0n) is 20.4. The average molecular weight is 421 g/mol. The van der Waals surface area contributed by atoms with Crippen molar-refractivity contribution in [2.45, 2.75) is 44.8 Å². The number of allylic oxidation sites excluding steroid dienone is 9. The molecule has 0 bridgehead atoms. The Hall–Kier alpha value is -1.45. The molecule has 3 aliphatic carbocycles. The molecular weight excluding hydrogens is 390 g/mol. The molecule has 0 N–H and O–H groups in total. The Morgan fingerprint density at radius 2 is 1.53 bits per heavy atom. The maximum Gasteiger partial charge on any atom is 0.0934 e. The van der Waals surface area contributed by atoms with E-state index in [1.807, 2.05) is 0 Å². The zero-order valence-corrected chi connectivity index (χ0v) is 21.4. The molecule has 2 aromatic rings. The second-order valence-corrected chi connectivity index (χ2v) is 14.1. The number of benzene rings is 2. The van der Waals surface area contributed by atoms with E-state index in [0.717, 1.165) is 6.42 Å². The summed E-state index contributed by atoms with van der Waals surface area (Å²) in [6.07, 6.45) is 13.0. The molecule has 3 heteroatoms. The van der Waals surface area contributed by atoms with Gasteiger partial charge in [-0.3, -0.25) is 0 Å². The smallest absolute Gasteiger partial charge is 0.0836 e. The Balaban J connectivity index is 0.00000144. The monoisotopic (exact) mass is 420 g/mol. The Bertz CT molecular complexity index is 1160. The minimum absolute atomic E-state index is 0. The molecule has 0 heterocycles. The second-order valence-electron chi connectivity index (χ2n) is 9.54. The van der Waals surface area contributed by atoms with Crippen LogP contribution in [0.3, 0.4) is 0 Å². The maximum atomic E-state index is 2.58. The fraction of sp³-hybridized carbons (Fsp3) is 0.241. The van der Waals surface area contributed by atoms with Crippen molar-refractivity contribution in [3.05, 3.63) is 123 Å². The molecule has 0 fully saturated rings. The SMILES string of the molecule is CC1=Cc2ccccc2C1[Si](C)(C)C1=C(C)C=C2C1=CC=CCC2c1ccccc1.[Li].[Li]. The largest absolute Gasteiger partial charge is 0.0934 e. The van der Waals surface area contributed by atoms with Gasteiger partial charge in [0.1, 0.15) is 0 Å². The van der Waals surface area contributed by atoms with Gasteiger partial charge in [0.15, 0.2) is 0 Å². The fourth-order valence-corrected chi connectivity index (χ4v) is 10.7. The van der Waals surface area contributed by atoms with Crippen molar-refractivity contribution in [3.8, 4) is 0 Å². The summed E-state index contributed by atoms with van der Waals surface area (Å²) in [6, 6.07) is 20.1. The van der Waals surface area contributed by atoms with Crippen LogP contribution in [0.1, 0.15) is 48.4 Å². The van der Waals surface area contributed by atoms with Crippen LogP contribution < -0.4 is 0 Å². The van der Waals surface area contributed by atoms with Crippen LogP contribution in [0.15, 0.2) is 106 Å². The Morgan fingerprint density at radius 3 is 2.28 bits per heavy atom. The topological polar surface area (TPSA) is 0 Å². The molecular formula is C29H30Li2Si. The summed E-state index contributed by atoms with van der Waals surface area (Å²) in [5.74, 6) is 0.445. The predicted molar refractivity (Wildman–Crippen MR) is 144 cm³/mol. The van der Waals surface area contributed by atoms with Crippen molar-refractivity contribution in [2.24, 2.45) is 0 Å². The Morgan fingerprint density at radius 1 is 0.844 bits per heavy atom. The molecule has 5 rings (SSSR count). The molecule has 32 heavy (non-hydrogen) atoms. The van der Waals surface area contributed by atoms with Crippen LogP contribution in [-0.2, 0) is 0 Å². The molecule has 0 aliphatic heterocycles. The summed E-state index contributed by atoms with van der Waals surface area (Å²) in [5, 5.41) is 1.65. The Labute approximate surface area is 218 Å². The predicted octanol–water partition coefficient (Wildman–Crippen LogP) is 7.14. The van der Waals surface area contributed by atoms with E-state index in [4.69, 9.17) is 0 Å². The first-order valence-electron chi connectivity index (χ1n) is 11.1. The van der Waals surface area contributed by atoms with Crippen LogP contribution in [0.2, 0.25) is 13.1 Å². The Kier molecular flexibility index (Phi) is 7.72. The van der Waals surface area contributed by atoms with Crippen molar-refractivity contribution in [2.75, 3.05) is 0 Å². The van der Waals surface area contributed by atoms with Crippen molar-refractivity contribution >= 4 is 51.9 Å². The maximum absolute atomic E-state index is 2.58. The molecule has 2 atom stereocenters. The van der Waals surface area contributed by atoms with Crippen LogP contribution in [0.5, 0.6) is 0 Å². The average Bonchev–Trinajstić information content (AvgIpc) is 3.17. The molecule has 0 aromatic heterocycles. The van der Waals surface area contributed by atoms with Crippen LogP contribution in [-0.4, -0.2) is 45.8 Å². The van der Waals surface area contributed by atoms with Crippen LogP contribution in [0.4, 0.5) is 0 Å². The number of rotatable bonds is 3. The second kappa shape index (κ2) is 9.81. The minimum atomic E-state index is -1.82.